The minimum absolute atomic E-state index is 0.0205. The Morgan fingerprint density at radius 3 is 2.33 bits per heavy atom. The van der Waals surface area contributed by atoms with Gasteiger partial charge in [0, 0.05) is 11.8 Å². The van der Waals surface area contributed by atoms with Crippen LogP contribution in [0.2, 0.25) is 0 Å². The molecule has 0 radical (unpaired) electrons. The van der Waals surface area contributed by atoms with Crippen LogP contribution in [0.1, 0.15) is 79.1 Å². The summed E-state index contributed by atoms with van der Waals surface area (Å²) in [7, 11) is -2.42. The molecule has 1 heterocycles. The molecule has 0 bridgehead atoms. The minimum atomic E-state index is -3.88. The van der Waals surface area contributed by atoms with Gasteiger partial charge in [0.25, 0.3) is 10.0 Å². The number of sulfonamides is 1. The first-order valence-electron chi connectivity index (χ1n) is 14.3. The molecule has 2 N–H and O–H groups in total. The molecule has 2 unspecified atom stereocenters. The number of fused-ring (bicyclic) bond motifs is 1. The molecule has 8 nitrogen and oxygen atoms in total. The van der Waals surface area contributed by atoms with Crippen LogP contribution < -0.4 is 14.8 Å². The average molecular weight is 565 g/mol. The lowest BCUT2D eigenvalue weighted by Gasteiger charge is -2.51. The van der Waals surface area contributed by atoms with Gasteiger partial charge in [-0.3, -0.25) is 9.52 Å². The normalized spacial score (nSPS) is 24.9. The molecule has 5 rings (SSSR count). The van der Waals surface area contributed by atoms with Gasteiger partial charge in [-0.1, -0.05) is 31.9 Å². The van der Waals surface area contributed by atoms with Crippen LogP contribution in [-0.2, 0) is 14.8 Å². The summed E-state index contributed by atoms with van der Waals surface area (Å²) in [5, 5.41) is 10.7. The highest BCUT2D eigenvalue weighted by atomic mass is 32.2. The van der Waals surface area contributed by atoms with Gasteiger partial charge in [-0.2, -0.15) is 0 Å². The quantitative estimate of drug-likeness (QED) is 0.390. The molecule has 1 aromatic carbocycles. The summed E-state index contributed by atoms with van der Waals surface area (Å²) < 4.78 is 33.1. The van der Waals surface area contributed by atoms with Crippen molar-refractivity contribution in [2.75, 3.05) is 17.1 Å². The van der Waals surface area contributed by atoms with Crippen LogP contribution >= 0.6 is 0 Å². The molecule has 0 fully saturated rings. The van der Waals surface area contributed by atoms with E-state index in [1.807, 2.05) is 0 Å². The molecular weight excluding hydrogens is 524 g/mol. The zero-order valence-corrected chi connectivity index (χ0v) is 25.0. The molecule has 3 aliphatic carbocycles. The number of benzene rings is 1. The zero-order chi connectivity index (χ0) is 28.7. The first-order chi connectivity index (χ1) is 19.0. The average Bonchev–Trinajstić information content (AvgIpc) is 2.95. The molecule has 9 heteroatoms. The number of carbonyl (C=O) groups is 1. The second-order valence-electron chi connectivity index (χ2n) is 12.1. The standard InChI is InChI=1S/C31H40N4O4S/c1-20(2)30(3)18-19-31(4,25-15-10-21-8-6-7-9-24(21)28(25)30)29(36)32-22-11-13-23(14-12-22)40(37,38)35-26-16-17-27(39-5)34-33-26/h11-14,16-17,20H,6-10,15,18-19H2,1-5H3,(H,32,36)(H,33,35). The zero-order valence-electron chi connectivity index (χ0n) is 24.1. The molecule has 0 aliphatic heterocycles. The maximum atomic E-state index is 13.9. The lowest BCUT2D eigenvalue weighted by molar-refractivity contribution is -0.124. The maximum absolute atomic E-state index is 13.9. The van der Waals surface area contributed by atoms with Crippen LogP contribution in [0.5, 0.6) is 5.88 Å². The fraction of sp³-hybridized carbons (Fsp3) is 0.516. The smallest absolute Gasteiger partial charge is 0.263 e. The summed E-state index contributed by atoms with van der Waals surface area (Å²) in [5.41, 5.74) is 6.00. The number of anilines is 2. The molecule has 214 valence electrons. The summed E-state index contributed by atoms with van der Waals surface area (Å²) in [6.07, 6.45) is 8.59. The van der Waals surface area contributed by atoms with Crippen molar-refractivity contribution >= 4 is 27.4 Å². The van der Waals surface area contributed by atoms with Crippen molar-refractivity contribution in [3.8, 4) is 5.88 Å². The Kier molecular flexibility index (Phi) is 7.54. The van der Waals surface area contributed by atoms with Crippen molar-refractivity contribution in [1.82, 2.24) is 10.2 Å². The molecular formula is C31H40N4O4S. The molecule has 0 saturated heterocycles. The van der Waals surface area contributed by atoms with Crippen molar-refractivity contribution in [3.63, 3.8) is 0 Å². The van der Waals surface area contributed by atoms with Gasteiger partial charge in [0.15, 0.2) is 5.82 Å². The third kappa shape index (κ3) is 5.04. The number of allylic oxidation sites excluding steroid dienone is 3. The number of nitrogens with zero attached hydrogens (tertiary/aromatic N) is 2. The van der Waals surface area contributed by atoms with E-state index in [0.29, 0.717) is 11.6 Å². The largest absolute Gasteiger partial charge is 0.480 e. The third-order valence-electron chi connectivity index (χ3n) is 9.53. The van der Waals surface area contributed by atoms with Gasteiger partial charge in [0.05, 0.1) is 17.4 Å². The Morgan fingerprint density at radius 2 is 1.68 bits per heavy atom. The molecule has 0 spiro atoms. The highest BCUT2D eigenvalue weighted by molar-refractivity contribution is 7.92. The first-order valence-corrected chi connectivity index (χ1v) is 15.7. The van der Waals surface area contributed by atoms with Gasteiger partial charge < -0.3 is 10.1 Å². The summed E-state index contributed by atoms with van der Waals surface area (Å²) >= 11 is 0. The van der Waals surface area contributed by atoms with E-state index in [1.165, 1.54) is 61.8 Å². The lowest BCUT2D eigenvalue weighted by Crippen LogP contribution is -2.45. The minimum Gasteiger partial charge on any atom is -0.480 e. The van der Waals surface area contributed by atoms with Crippen molar-refractivity contribution < 1.29 is 17.9 Å². The van der Waals surface area contributed by atoms with E-state index in [1.54, 1.807) is 23.3 Å². The Morgan fingerprint density at radius 1 is 0.950 bits per heavy atom. The number of aromatic nitrogens is 2. The Balaban J connectivity index is 1.38. The van der Waals surface area contributed by atoms with Crippen LogP contribution in [0.3, 0.4) is 0 Å². The summed E-state index contributed by atoms with van der Waals surface area (Å²) in [5.74, 6) is 0.846. The van der Waals surface area contributed by atoms with Gasteiger partial charge in [0.1, 0.15) is 0 Å². The predicted octanol–water partition coefficient (Wildman–Crippen LogP) is 6.65. The second kappa shape index (κ2) is 10.7. The molecule has 3 aliphatic rings. The van der Waals surface area contributed by atoms with E-state index < -0.39 is 15.4 Å². The number of ether oxygens (including phenoxy) is 1. The summed E-state index contributed by atoms with van der Waals surface area (Å²) in [6, 6.07) is 9.24. The van der Waals surface area contributed by atoms with E-state index in [0.717, 1.165) is 32.1 Å². The molecule has 1 aromatic heterocycles. The summed E-state index contributed by atoms with van der Waals surface area (Å²) in [4.78, 5) is 14.0. The molecule has 2 aromatic rings. The summed E-state index contributed by atoms with van der Waals surface area (Å²) in [6.45, 7) is 9.14. The maximum Gasteiger partial charge on any atom is 0.263 e. The molecule has 2 atom stereocenters. The van der Waals surface area contributed by atoms with Gasteiger partial charge >= 0.3 is 0 Å². The number of nitrogens with one attached hydrogen (secondary N) is 2. The van der Waals surface area contributed by atoms with E-state index in [4.69, 9.17) is 4.74 Å². The molecule has 1 amide bonds. The van der Waals surface area contributed by atoms with E-state index >= 15 is 0 Å². The topological polar surface area (TPSA) is 110 Å². The van der Waals surface area contributed by atoms with Crippen LogP contribution in [-0.4, -0.2) is 31.6 Å². The number of carbonyl (C=O) groups excluding carboxylic acids is 1. The Bertz CT molecular complexity index is 1460. The fourth-order valence-corrected chi connectivity index (χ4v) is 7.65. The van der Waals surface area contributed by atoms with Gasteiger partial charge in [-0.25, -0.2) is 8.42 Å². The highest BCUT2D eigenvalue weighted by Crippen LogP contribution is 2.60. The van der Waals surface area contributed by atoms with Crippen LogP contribution in [0, 0.1) is 16.7 Å². The van der Waals surface area contributed by atoms with Crippen molar-refractivity contribution in [3.05, 3.63) is 58.7 Å². The second-order valence-corrected chi connectivity index (χ2v) is 13.8. The molecule has 0 saturated carbocycles. The SMILES string of the molecule is COc1ccc(NS(=O)(=O)c2ccc(NC(=O)C3(C)CCC(C)(C(C)C)C4=C3CCC3=C4CCCC3)cc2)nn1. The van der Waals surface area contributed by atoms with Crippen molar-refractivity contribution in [2.45, 2.75) is 84.0 Å². The highest BCUT2D eigenvalue weighted by Gasteiger charge is 2.50. The van der Waals surface area contributed by atoms with E-state index in [9.17, 15) is 13.2 Å². The Hall–Kier alpha value is -3.20. The van der Waals surface area contributed by atoms with Crippen molar-refractivity contribution in [2.24, 2.45) is 16.7 Å². The lowest BCUT2D eigenvalue weighted by atomic mass is 9.53. The van der Waals surface area contributed by atoms with Gasteiger partial charge in [0.2, 0.25) is 11.8 Å². The van der Waals surface area contributed by atoms with Crippen LogP contribution in [0.4, 0.5) is 11.5 Å². The number of rotatable bonds is 7. The van der Waals surface area contributed by atoms with E-state index in [-0.39, 0.29) is 27.9 Å². The fourth-order valence-electron chi connectivity index (χ4n) is 6.65. The van der Waals surface area contributed by atoms with Gasteiger partial charge in [-0.05, 0) is 111 Å². The Labute approximate surface area is 237 Å². The number of hydrogen-bond acceptors (Lipinski definition) is 6. The third-order valence-corrected chi connectivity index (χ3v) is 10.9. The number of hydrogen-bond donors (Lipinski definition) is 2. The number of methoxy groups -OCH3 is 1. The first kappa shape index (κ1) is 28.3. The predicted molar refractivity (Wildman–Crippen MR) is 157 cm³/mol. The molecule has 40 heavy (non-hydrogen) atoms. The van der Waals surface area contributed by atoms with Crippen LogP contribution in [0.25, 0.3) is 0 Å². The monoisotopic (exact) mass is 564 g/mol. The number of amides is 1. The van der Waals surface area contributed by atoms with Crippen LogP contribution in [0.15, 0.2) is 63.6 Å². The van der Waals surface area contributed by atoms with E-state index in [2.05, 4.69) is 47.9 Å². The van der Waals surface area contributed by atoms with Gasteiger partial charge in [-0.15, -0.1) is 10.2 Å². The van der Waals surface area contributed by atoms with Crippen molar-refractivity contribution in [1.29, 1.82) is 0 Å².